The van der Waals surface area contributed by atoms with E-state index in [9.17, 15) is 0 Å². The summed E-state index contributed by atoms with van der Waals surface area (Å²) in [5.74, 6) is 0. The van der Waals surface area contributed by atoms with E-state index in [4.69, 9.17) is 0 Å². The number of benzene rings is 7. The Bertz CT molecular complexity index is 4170. The van der Waals surface area contributed by atoms with E-state index < -0.39 is 0 Å². The Morgan fingerprint density at radius 1 is 0.424 bits per heavy atom. The van der Waals surface area contributed by atoms with Gasteiger partial charge in [0.2, 0.25) is 0 Å². The van der Waals surface area contributed by atoms with Gasteiger partial charge in [-0.2, -0.15) is 0 Å². The van der Waals surface area contributed by atoms with Crippen LogP contribution in [0.5, 0.6) is 0 Å². The molecule has 0 spiro atoms. The third-order valence-corrected chi connectivity index (χ3v) is 26.2. The van der Waals surface area contributed by atoms with Crippen molar-refractivity contribution in [2.75, 3.05) is 14.7 Å². The minimum Gasteiger partial charge on any atom is -0.334 e. The highest BCUT2D eigenvalue weighted by atomic mass is 32.1. The number of hydrogen-bond donors (Lipinski definition) is 0. The number of rotatable bonds is 4. The third kappa shape index (κ3) is 7.38. The van der Waals surface area contributed by atoms with Crippen molar-refractivity contribution in [1.82, 2.24) is 0 Å². The molecule has 2 fully saturated rings. The fourth-order valence-corrected chi connectivity index (χ4v) is 20.3. The topological polar surface area (TPSA) is 9.72 Å². The van der Waals surface area contributed by atoms with E-state index in [1.54, 1.807) is 11.1 Å². The van der Waals surface area contributed by atoms with Gasteiger partial charge < -0.3 is 14.7 Å². The molecule has 85 heavy (non-hydrogen) atoms. The van der Waals surface area contributed by atoms with Crippen LogP contribution in [0, 0.1) is 0 Å². The number of anilines is 8. The van der Waals surface area contributed by atoms with Gasteiger partial charge >= 0.3 is 0 Å². The second-order valence-corrected chi connectivity index (χ2v) is 34.1. The lowest BCUT2D eigenvalue weighted by atomic mass is 9.33. The first-order valence-electron chi connectivity index (χ1n) is 33.0. The maximum absolute atomic E-state index is 2.88. The molecule has 6 aliphatic carbocycles. The van der Waals surface area contributed by atoms with Crippen LogP contribution in [0.25, 0.3) is 21.2 Å². The molecule has 3 nitrogen and oxygen atoms in total. The monoisotopic (exact) mass is 1140 g/mol. The fraction of sp³-hybridized carbons (Fsp3) is 0.450. The average Bonchev–Trinajstić information content (AvgIpc) is 1.71. The Labute approximate surface area is 513 Å². The van der Waals surface area contributed by atoms with Crippen LogP contribution in [0.15, 0.2) is 127 Å². The maximum Gasteiger partial charge on any atom is 0.254 e. The Balaban J connectivity index is 1.09. The Morgan fingerprint density at radius 3 is 1.68 bits per heavy atom. The zero-order valence-electron chi connectivity index (χ0n) is 53.9. The van der Waals surface area contributed by atoms with Gasteiger partial charge in [-0.1, -0.05) is 177 Å². The van der Waals surface area contributed by atoms with E-state index in [0.717, 1.165) is 12.8 Å². The molecule has 7 aromatic carbocycles. The van der Waals surface area contributed by atoms with Crippen molar-refractivity contribution in [1.29, 1.82) is 0 Å². The number of thiophene rings is 1. The van der Waals surface area contributed by atoms with Crippen molar-refractivity contribution in [3.8, 4) is 11.1 Å². The van der Waals surface area contributed by atoms with Crippen LogP contribution in [0.2, 0.25) is 0 Å². The highest BCUT2D eigenvalue weighted by Crippen LogP contribution is 2.64. The summed E-state index contributed by atoms with van der Waals surface area (Å²) < 4.78 is 1.45. The van der Waals surface area contributed by atoms with Crippen molar-refractivity contribution in [3.63, 3.8) is 0 Å². The molecule has 0 saturated heterocycles. The molecule has 2 unspecified atom stereocenters. The zero-order valence-corrected chi connectivity index (χ0v) is 54.8. The molecule has 2 saturated carbocycles. The van der Waals surface area contributed by atoms with Gasteiger partial charge in [0.05, 0.1) is 16.2 Å². The van der Waals surface area contributed by atoms with Crippen molar-refractivity contribution < 1.29 is 0 Å². The highest BCUT2D eigenvalue weighted by Gasteiger charge is 2.59. The molecular weight excluding hydrogens is 1050 g/mol. The Morgan fingerprint density at radius 2 is 1.01 bits per heavy atom. The minimum atomic E-state index is -0.140. The molecule has 434 valence electrons. The smallest absolute Gasteiger partial charge is 0.254 e. The largest absolute Gasteiger partial charge is 0.334 e. The van der Waals surface area contributed by atoms with Gasteiger partial charge in [-0.15, -0.1) is 11.3 Å². The van der Waals surface area contributed by atoms with E-state index in [2.05, 4.69) is 257 Å². The second-order valence-electron chi connectivity index (χ2n) is 33.1. The van der Waals surface area contributed by atoms with Gasteiger partial charge in [-0.05, 0) is 242 Å². The summed E-state index contributed by atoms with van der Waals surface area (Å²) >= 11 is 2.10. The fourth-order valence-electron chi connectivity index (χ4n) is 19.0. The van der Waals surface area contributed by atoms with Gasteiger partial charge in [0.25, 0.3) is 6.71 Å². The zero-order chi connectivity index (χ0) is 59.1. The molecule has 2 bridgehead atoms. The molecule has 9 aliphatic rings. The first-order valence-corrected chi connectivity index (χ1v) is 33.8. The molecule has 1 aromatic heterocycles. The standard InChI is InChI=1S/C80H90BN3S/c1-72(2,3)50-27-30-63(53(41-50)49-23-17-16-18-24-49)83-65-47-59-58(75(8,9)35-36-76(59,10)11)46-62(65)81-69-54-45-60-61(78(13)39-37-77(60,12)38-40-78)48-68(54)85-71(69)82(51-28-29-55-57(42-51)74(6,7)34-33-73(55,4)5)66-43-52(44-67(83)70(66)81)84-64-26-20-19-25-56(64)79(14)31-21-22-32-80(79,84)15/h16-20,23-30,41-48H,21-22,31-40H2,1-15H3. The van der Waals surface area contributed by atoms with Crippen molar-refractivity contribution >= 4 is 89.3 Å². The van der Waals surface area contributed by atoms with E-state index in [0.29, 0.717) is 0 Å². The molecule has 0 radical (unpaired) electrons. The molecule has 0 amide bonds. The molecular formula is C80H90BN3S. The molecule has 2 atom stereocenters. The SMILES string of the molecule is CC(C)(C)c1ccc(N2c3cc4c(cc3B3c5c2cc(N2c6ccccc6C6(C)CCCCC26C)cc5N(c2ccc5c(c2)C(C)(C)CCC5(C)C)c2sc5cc6c(cc5c23)C2(C)CCC6(C)CC2)C(C)(C)CCC4(C)C)c(-c2ccccc2)c1. The summed E-state index contributed by atoms with van der Waals surface area (Å²) in [6.45, 7) is 37.8. The van der Waals surface area contributed by atoms with E-state index in [1.165, 1.54) is 180 Å². The predicted octanol–water partition coefficient (Wildman–Crippen LogP) is 20.5. The van der Waals surface area contributed by atoms with Crippen LogP contribution < -0.4 is 31.1 Å². The minimum absolute atomic E-state index is 0.00118. The van der Waals surface area contributed by atoms with Gasteiger partial charge in [-0.3, -0.25) is 0 Å². The third-order valence-electron chi connectivity index (χ3n) is 25.1. The molecule has 17 rings (SSSR count). The maximum atomic E-state index is 2.88. The number of fused-ring (bicyclic) bond motifs is 13. The van der Waals surface area contributed by atoms with Gasteiger partial charge in [0.15, 0.2) is 0 Å². The lowest BCUT2D eigenvalue weighted by Gasteiger charge is -2.52. The average molecular weight is 1140 g/mol. The normalized spacial score (nSPS) is 26.7. The van der Waals surface area contributed by atoms with Crippen LogP contribution in [-0.4, -0.2) is 12.3 Å². The Hall–Kier alpha value is -6.04. The number of para-hydroxylation sites is 1. The van der Waals surface area contributed by atoms with Crippen molar-refractivity contribution in [2.45, 2.75) is 230 Å². The van der Waals surface area contributed by atoms with Gasteiger partial charge in [-0.25, -0.2) is 0 Å². The quantitative estimate of drug-likeness (QED) is 0.163. The van der Waals surface area contributed by atoms with E-state index in [1.807, 2.05) is 0 Å². The lowest BCUT2D eigenvalue weighted by molar-refractivity contribution is 0.188. The summed E-state index contributed by atoms with van der Waals surface area (Å²) in [6.07, 6.45) is 14.6. The van der Waals surface area contributed by atoms with Crippen LogP contribution in [0.1, 0.15) is 225 Å². The molecule has 3 aliphatic heterocycles. The van der Waals surface area contributed by atoms with Crippen LogP contribution >= 0.6 is 11.3 Å². The molecule has 0 N–H and O–H groups in total. The summed E-state index contributed by atoms with van der Waals surface area (Å²) in [7, 11) is 0. The molecule has 5 heteroatoms. The van der Waals surface area contributed by atoms with Crippen LogP contribution in [0.3, 0.4) is 0 Å². The first-order chi connectivity index (χ1) is 40.2. The first kappa shape index (κ1) is 54.4. The number of nitrogens with zero attached hydrogens (tertiary/aromatic N) is 3. The lowest BCUT2D eigenvalue weighted by Crippen LogP contribution is -2.61. The van der Waals surface area contributed by atoms with Gasteiger partial charge in [0, 0.05) is 49.8 Å². The highest BCUT2D eigenvalue weighted by molar-refractivity contribution is 7.26. The van der Waals surface area contributed by atoms with Crippen molar-refractivity contribution in [2.24, 2.45) is 0 Å². The summed E-state index contributed by atoms with van der Waals surface area (Å²) in [4.78, 5) is 8.54. The van der Waals surface area contributed by atoms with E-state index >= 15 is 0 Å². The second kappa shape index (κ2) is 17.4. The Kier molecular flexibility index (Phi) is 11.1. The summed E-state index contributed by atoms with van der Waals surface area (Å²) in [5, 5.41) is 2.88. The molecule has 8 aromatic rings. The summed E-state index contributed by atoms with van der Waals surface area (Å²) in [5.41, 5.74) is 28.7. The summed E-state index contributed by atoms with van der Waals surface area (Å²) in [6, 6.07) is 52.8. The van der Waals surface area contributed by atoms with Gasteiger partial charge in [0.1, 0.15) is 0 Å². The predicted molar refractivity (Wildman–Crippen MR) is 367 cm³/mol. The van der Waals surface area contributed by atoms with E-state index in [-0.39, 0.29) is 55.6 Å². The molecule has 4 heterocycles. The van der Waals surface area contributed by atoms with Crippen LogP contribution in [0.4, 0.5) is 44.8 Å². The number of hydrogen-bond acceptors (Lipinski definition) is 4. The van der Waals surface area contributed by atoms with Crippen LogP contribution in [-0.2, 0) is 43.3 Å². The van der Waals surface area contributed by atoms with Crippen molar-refractivity contribution in [3.05, 3.63) is 172 Å².